The predicted octanol–water partition coefficient (Wildman–Crippen LogP) is 21.7. The number of alkyl halides is 61. The number of carbonyl (C=O) groups excluding carboxylic acids is 3. The molecule has 0 aliphatic carbocycles. The molecule has 0 fully saturated rings. The van der Waals surface area contributed by atoms with Crippen molar-refractivity contribution in [1.29, 1.82) is 0 Å². The zero-order chi connectivity index (χ0) is 98.9. The summed E-state index contributed by atoms with van der Waals surface area (Å²) in [7, 11) is -10.7. The van der Waals surface area contributed by atoms with Gasteiger partial charge in [-0.25, -0.2) is 14.4 Å². The van der Waals surface area contributed by atoms with Crippen LogP contribution in [0.2, 0.25) is 6.04 Å². The van der Waals surface area contributed by atoms with Crippen molar-refractivity contribution >= 4 is 26.7 Å². The van der Waals surface area contributed by atoms with Crippen LogP contribution in [0.25, 0.3) is 0 Å². The summed E-state index contributed by atoms with van der Waals surface area (Å²) in [5.74, 6) is -284. The lowest BCUT2D eigenvalue weighted by atomic mass is 9.88. The van der Waals surface area contributed by atoms with Gasteiger partial charge in [0, 0.05) is 29.2 Å². The van der Waals surface area contributed by atoms with Crippen LogP contribution < -0.4 is 0 Å². The molecule has 0 aromatic carbocycles. The summed E-state index contributed by atoms with van der Waals surface area (Å²) in [6.45, 7) is -23.0. The van der Waals surface area contributed by atoms with E-state index in [4.69, 9.17) is 0 Å². The van der Waals surface area contributed by atoms with Gasteiger partial charge in [0.2, 0.25) is 0 Å². The second kappa shape index (κ2) is 32.1. The minimum atomic E-state index is -10.7. The third-order valence-corrected chi connectivity index (χ3v) is 17.6. The number of rotatable bonds is 46. The van der Waals surface area contributed by atoms with Crippen LogP contribution in [0, 0.1) is 0 Å². The molecular formula is C50H31F61O9Si. The van der Waals surface area contributed by atoms with Gasteiger partial charge >= 0.3 is 205 Å². The first-order valence-corrected chi connectivity index (χ1v) is 30.2. The molecule has 71 heteroatoms. The van der Waals surface area contributed by atoms with Crippen molar-refractivity contribution in [3.05, 3.63) is 36.5 Å². The van der Waals surface area contributed by atoms with Crippen LogP contribution in [0.3, 0.4) is 0 Å². The minimum Gasteiger partial charge on any atom is -0.456 e. The number of ether oxygens (including phenoxy) is 3. The maximum atomic E-state index is 15.6. The molecule has 121 heavy (non-hydrogen) atoms. The summed E-state index contributed by atoms with van der Waals surface area (Å²) in [4.78, 5) is 33.8. The van der Waals surface area contributed by atoms with E-state index in [-0.39, 0.29) is 20.8 Å². The Morgan fingerprint density at radius 2 is 0.322 bits per heavy atom. The maximum Gasteiger partial charge on any atom is 0.501 e. The van der Waals surface area contributed by atoms with Gasteiger partial charge in [-0.15, -0.1) is 0 Å². The zero-order valence-electron chi connectivity index (χ0n) is 56.0. The van der Waals surface area contributed by atoms with Gasteiger partial charge in [-0.2, -0.15) is 268 Å². The molecule has 0 aromatic heterocycles. The molecule has 0 aliphatic rings. The van der Waals surface area contributed by atoms with E-state index in [1.54, 1.807) is 0 Å². The molecular weight excluding hydrogens is 1930 g/mol. The summed E-state index contributed by atoms with van der Waals surface area (Å²) >= 11 is 0. The van der Waals surface area contributed by atoms with E-state index in [1.807, 2.05) is 0 Å². The Kier molecular flexibility index (Phi) is 30.4. The van der Waals surface area contributed by atoms with E-state index < -0.39 is 273 Å². The van der Waals surface area contributed by atoms with Crippen molar-refractivity contribution in [3.8, 4) is 0 Å². The molecule has 0 amide bonds. The van der Waals surface area contributed by atoms with Gasteiger partial charge in [0.25, 0.3) is 0 Å². The highest BCUT2D eigenvalue weighted by Crippen LogP contribution is 2.70. The van der Waals surface area contributed by atoms with Crippen LogP contribution in [0.1, 0.15) is 27.2 Å². The smallest absolute Gasteiger partial charge is 0.456 e. The largest absolute Gasteiger partial charge is 0.501 e. The van der Waals surface area contributed by atoms with Gasteiger partial charge in [0.1, 0.15) is 19.8 Å². The topological polar surface area (TPSA) is 107 Å². The molecule has 0 spiro atoms. The third kappa shape index (κ3) is 17.3. The Morgan fingerprint density at radius 3 is 0.463 bits per heavy atom. The Hall–Kier alpha value is -6.54. The van der Waals surface area contributed by atoms with Crippen LogP contribution in [-0.2, 0) is 41.9 Å². The van der Waals surface area contributed by atoms with Gasteiger partial charge in [0.15, 0.2) is 19.8 Å². The fourth-order valence-corrected chi connectivity index (χ4v) is 9.85. The van der Waals surface area contributed by atoms with E-state index in [1.165, 1.54) is 0 Å². The quantitative estimate of drug-likeness (QED) is 0.0194. The third-order valence-electron chi connectivity index (χ3n) is 15.0. The summed E-state index contributed by atoms with van der Waals surface area (Å²) in [6.07, 6.45) is -14.4. The predicted molar refractivity (Wildman–Crippen MR) is 260 cm³/mol. The van der Waals surface area contributed by atoms with Gasteiger partial charge < -0.3 is 27.5 Å². The molecule has 0 atom stereocenters. The van der Waals surface area contributed by atoms with E-state index in [9.17, 15) is 194 Å². The summed E-state index contributed by atoms with van der Waals surface area (Å²) < 4.78 is 914. The summed E-state index contributed by atoms with van der Waals surface area (Å²) in [6, 6.07) is -5.50. The van der Waals surface area contributed by atoms with Gasteiger partial charge in [-0.3, -0.25) is 0 Å². The molecule has 0 N–H and O–H groups in total. The van der Waals surface area contributed by atoms with Crippen molar-refractivity contribution in [2.75, 3.05) is 39.6 Å². The molecule has 0 aliphatic heterocycles. The molecule has 0 bridgehead atoms. The molecule has 0 saturated carbocycles. The lowest BCUT2D eigenvalue weighted by Gasteiger charge is -2.44. The number of esters is 3. The monoisotopic (exact) mass is 1960 g/mol. The molecule has 0 radical (unpaired) electrons. The Morgan fingerprint density at radius 1 is 0.198 bits per heavy atom. The second-order valence-corrected chi connectivity index (χ2v) is 26.9. The van der Waals surface area contributed by atoms with Crippen molar-refractivity contribution < 1.29 is 310 Å². The highest BCUT2D eigenvalue weighted by atomic mass is 28.4. The summed E-state index contributed by atoms with van der Waals surface area (Å²) in [5, 5.41) is 0. The Balaban J connectivity index is 10.2. The van der Waals surface area contributed by atoms with Crippen LogP contribution in [-0.4, -0.2) is 244 Å². The summed E-state index contributed by atoms with van der Waals surface area (Å²) in [5.41, 5.74) is -4.33. The van der Waals surface area contributed by atoms with Gasteiger partial charge in [-0.05, 0) is 20.8 Å². The number of carbonyl (C=O) groups is 3. The first-order chi connectivity index (χ1) is 51.8. The first kappa shape index (κ1) is 114. The molecule has 716 valence electrons. The van der Waals surface area contributed by atoms with Gasteiger partial charge in [-0.1, -0.05) is 19.7 Å². The van der Waals surface area contributed by atoms with E-state index in [0.29, 0.717) is 0 Å². The van der Waals surface area contributed by atoms with Crippen molar-refractivity contribution in [2.24, 2.45) is 0 Å². The van der Waals surface area contributed by atoms with Crippen LogP contribution >= 0.6 is 0 Å². The number of hydrogen-bond acceptors (Lipinski definition) is 9. The standard InChI is InChI=1S/C50H31F61O9Si/c1-15(2)18(112)115-9-22(53,54)29(67,68)36(81,82)42(93,94)45(99,100)39(87,88)32(73,74)25(59,60)12-118-121(8-7-21(51,52)28(65,66)35(79,80)48(105,106)49(107,108)50(109,110)111,119-13-26(61,62)33(75,76)40(89,90)46(101,102)43(95,96)37(83,84)30(69,70)23(55,56)10-116-19(113)16(3)4)120-14-27(63,64)34(77,78)41(91,92)47(103,104)44(97,98)38(85,86)31(71,72)24(57,58)11-117-20(114)17(5)6/h1,3,5,7-14H2,2,4,6H3. The van der Waals surface area contributed by atoms with Crippen LogP contribution in [0.15, 0.2) is 36.5 Å². The lowest BCUT2D eigenvalue weighted by Crippen LogP contribution is -2.75. The molecule has 0 heterocycles. The second-order valence-electron chi connectivity index (χ2n) is 24.2. The molecule has 9 nitrogen and oxygen atoms in total. The van der Waals surface area contributed by atoms with E-state index in [0.717, 1.165) is 0 Å². The normalized spacial score (nSPS) is 16.2. The van der Waals surface area contributed by atoms with Crippen LogP contribution in [0.4, 0.5) is 268 Å². The fourth-order valence-electron chi connectivity index (χ4n) is 7.34. The lowest BCUT2D eigenvalue weighted by molar-refractivity contribution is -0.455. The zero-order valence-corrected chi connectivity index (χ0v) is 57.0. The van der Waals surface area contributed by atoms with Crippen molar-refractivity contribution in [3.63, 3.8) is 0 Å². The van der Waals surface area contributed by atoms with Gasteiger partial charge in [0.05, 0.1) is 0 Å². The van der Waals surface area contributed by atoms with E-state index >= 15 is 87.8 Å². The maximum absolute atomic E-state index is 15.6. The Bertz CT molecular complexity index is 3420. The van der Waals surface area contributed by atoms with Crippen molar-refractivity contribution in [1.82, 2.24) is 0 Å². The highest BCUT2D eigenvalue weighted by molar-refractivity contribution is 6.60. The van der Waals surface area contributed by atoms with Crippen molar-refractivity contribution in [2.45, 2.75) is 211 Å². The highest BCUT2D eigenvalue weighted by Gasteiger charge is 3.00. The first-order valence-electron chi connectivity index (χ1n) is 28.2. The molecule has 0 unspecified atom stereocenters. The average Bonchev–Trinajstić information content (AvgIpc) is 0.698. The Labute approximate surface area is 624 Å². The van der Waals surface area contributed by atoms with Crippen LogP contribution in [0.5, 0.6) is 0 Å². The fraction of sp³-hybridized carbons (Fsp3) is 0.820. The molecule has 0 rings (SSSR count). The molecule has 0 aromatic rings. The number of hydrogen-bond donors (Lipinski definition) is 0. The minimum absolute atomic E-state index is 0.193. The molecule has 0 saturated heterocycles. The van der Waals surface area contributed by atoms with E-state index in [2.05, 4.69) is 47.2 Å². The number of halogens is 61. The average molecular weight is 1960 g/mol. The SMILES string of the molecule is C=C(C)C(=O)OCC(F)(F)C(F)(F)C(F)(F)C(F)(F)C(F)(F)C(F)(F)C(F)(F)C(F)(F)CO[Si](CCC(F)(F)C(F)(F)C(F)(F)C(F)(F)C(F)(F)C(F)(F)F)(OCC(F)(F)C(F)(F)C(F)(F)C(F)(F)C(F)(F)C(F)(F)C(F)(F)C(F)(F)COC(=O)C(=C)C)OCC(F)(F)C(F)(F)C(F)(F)C(F)(F)C(F)(F)C(F)(F)C(F)(F)C(F)(F)COC(=O)C(=C)C.